The van der Waals surface area contributed by atoms with E-state index in [1.54, 1.807) is 30.3 Å². The van der Waals surface area contributed by atoms with Gasteiger partial charge in [0, 0.05) is 19.5 Å². The largest absolute Gasteiger partial charge is 0.378 e. The van der Waals surface area contributed by atoms with Gasteiger partial charge in [-0.3, -0.25) is 4.79 Å². The van der Waals surface area contributed by atoms with Crippen molar-refractivity contribution in [1.29, 1.82) is 0 Å². The Labute approximate surface area is 166 Å². The van der Waals surface area contributed by atoms with Gasteiger partial charge in [0.15, 0.2) is 0 Å². The molecule has 8 heteroatoms. The van der Waals surface area contributed by atoms with E-state index < -0.39 is 0 Å². The number of halogens is 1. The molecule has 28 heavy (non-hydrogen) atoms. The van der Waals surface area contributed by atoms with Gasteiger partial charge >= 0.3 is 0 Å². The van der Waals surface area contributed by atoms with Gasteiger partial charge in [-0.1, -0.05) is 29.8 Å². The number of nitrogens with one attached hydrogen (secondary N) is 1. The van der Waals surface area contributed by atoms with Gasteiger partial charge in [0.2, 0.25) is 0 Å². The monoisotopic (exact) mass is 395 g/mol. The van der Waals surface area contributed by atoms with Crippen LogP contribution in [0.2, 0.25) is 5.02 Å². The highest BCUT2D eigenvalue weighted by Crippen LogP contribution is 2.16. The number of carbonyl (C=O) groups excluding carboxylic acids is 1. The summed E-state index contributed by atoms with van der Waals surface area (Å²) in [4.78, 5) is 17.2. The molecular weight excluding hydrogens is 378 g/mol. The highest BCUT2D eigenvalue weighted by molar-refractivity contribution is 6.30. The zero-order valence-corrected chi connectivity index (χ0v) is 15.9. The van der Waals surface area contributed by atoms with E-state index in [1.807, 2.05) is 47.0 Å². The van der Waals surface area contributed by atoms with Crippen LogP contribution in [0.1, 0.15) is 21.7 Å². The summed E-state index contributed by atoms with van der Waals surface area (Å²) in [5, 5.41) is 7.89. The molecule has 0 fully saturated rings. The first-order valence-corrected chi connectivity index (χ1v) is 9.06. The number of pyridine rings is 1. The highest BCUT2D eigenvalue weighted by Gasteiger charge is 2.18. The molecule has 142 valence electrons. The van der Waals surface area contributed by atoms with E-state index in [9.17, 15) is 4.79 Å². The van der Waals surface area contributed by atoms with Gasteiger partial charge in [-0.15, -0.1) is 0 Å². The molecule has 0 aliphatic heterocycles. The Hall–Kier alpha value is -3.16. The molecule has 0 saturated carbocycles. The summed E-state index contributed by atoms with van der Waals surface area (Å²) in [7, 11) is 1.59. The van der Waals surface area contributed by atoms with Crippen molar-refractivity contribution in [3.63, 3.8) is 0 Å². The number of aromatic nitrogens is 4. The SMILES string of the molecule is COCc1c(C(=O)NCc2cn3cc(Cl)ccc3n2)cnn1-c1ccccc1. The number of hydrogen-bond donors (Lipinski definition) is 1. The second kappa shape index (κ2) is 7.84. The van der Waals surface area contributed by atoms with Crippen LogP contribution in [0.3, 0.4) is 0 Å². The van der Waals surface area contributed by atoms with Gasteiger partial charge in [0.25, 0.3) is 5.91 Å². The summed E-state index contributed by atoms with van der Waals surface area (Å²) in [5.74, 6) is -0.232. The van der Waals surface area contributed by atoms with Crippen molar-refractivity contribution in [1.82, 2.24) is 24.5 Å². The predicted octanol–water partition coefficient (Wildman–Crippen LogP) is 3.25. The van der Waals surface area contributed by atoms with Crippen LogP contribution in [0.25, 0.3) is 11.3 Å². The maximum Gasteiger partial charge on any atom is 0.255 e. The number of hydrogen-bond acceptors (Lipinski definition) is 4. The predicted molar refractivity (Wildman–Crippen MR) is 106 cm³/mol. The van der Waals surface area contributed by atoms with E-state index in [1.165, 1.54) is 0 Å². The first-order valence-electron chi connectivity index (χ1n) is 8.68. The molecule has 1 aromatic carbocycles. The van der Waals surface area contributed by atoms with Crippen molar-refractivity contribution in [3.8, 4) is 5.69 Å². The quantitative estimate of drug-likeness (QED) is 0.544. The van der Waals surface area contributed by atoms with Crippen LogP contribution >= 0.6 is 11.6 Å². The Morgan fingerprint density at radius 1 is 1.18 bits per heavy atom. The fraction of sp³-hybridized carbons (Fsp3) is 0.150. The standard InChI is InChI=1S/C20H18ClN5O2/c1-28-13-18-17(10-23-26(18)16-5-3-2-4-6-16)20(27)22-9-15-12-25-11-14(21)7-8-19(25)24-15/h2-8,10-12H,9,13H2,1H3,(H,22,27). The Morgan fingerprint density at radius 3 is 2.79 bits per heavy atom. The second-order valence-corrected chi connectivity index (χ2v) is 6.65. The van der Waals surface area contributed by atoms with Crippen molar-refractivity contribution >= 4 is 23.2 Å². The van der Waals surface area contributed by atoms with Gasteiger partial charge in [0.1, 0.15) is 5.65 Å². The zero-order chi connectivity index (χ0) is 19.5. The van der Waals surface area contributed by atoms with Gasteiger partial charge in [-0.05, 0) is 24.3 Å². The molecular formula is C20H18ClN5O2. The van der Waals surface area contributed by atoms with E-state index in [-0.39, 0.29) is 12.5 Å². The highest BCUT2D eigenvalue weighted by atomic mass is 35.5. The Balaban J connectivity index is 1.54. The zero-order valence-electron chi connectivity index (χ0n) is 15.2. The molecule has 0 bridgehead atoms. The third-order valence-corrected chi connectivity index (χ3v) is 4.51. The molecule has 0 radical (unpaired) electrons. The van der Waals surface area contributed by atoms with Crippen LogP contribution in [0, 0.1) is 0 Å². The molecule has 0 unspecified atom stereocenters. The number of para-hydroxylation sites is 1. The summed E-state index contributed by atoms with van der Waals surface area (Å²) in [6.07, 6.45) is 5.17. The number of benzene rings is 1. The molecule has 1 amide bonds. The van der Waals surface area contributed by atoms with Crippen LogP contribution in [0.4, 0.5) is 0 Å². The lowest BCUT2D eigenvalue weighted by Crippen LogP contribution is -2.24. The minimum Gasteiger partial charge on any atom is -0.378 e. The van der Waals surface area contributed by atoms with E-state index in [2.05, 4.69) is 15.4 Å². The third kappa shape index (κ3) is 3.62. The van der Waals surface area contributed by atoms with Gasteiger partial charge in [-0.2, -0.15) is 5.10 Å². The van der Waals surface area contributed by atoms with Crippen LogP contribution in [0.5, 0.6) is 0 Å². The summed E-state index contributed by atoms with van der Waals surface area (Å²) in [5.41, 5.74) is 3.53. The first kappa shape index (κ1) is 18.2. The minimum absolute atomic E-state index is 0.232. The van der Waals surface area contributed by atoms with Crippen molar-refractivity contribution in [2.75, 3.05) is 7.11 Å². The number of rotatable bonds is 6. The van der Waals surface area contributed by atoms with Crippen molar-refractivity contribution in [3.05, 3.63) is 83.0 Å². The maximum absolute atomic E-state index is 12.8. The summed E-state index contributed by atoms with van der Waals surface area (Å²) in [6.45, 7) is 0.561. The van der Waals surface area contributed by atoms with Crippen molar-refractivity contribution in [2.45, 2.75) is 13.2 Å². The van der Waals surface area contributed by atoms with Gasteiger partial charge < -0.3 is 14.5 Å². The molecule has 7 nitrogen and oxygen atoms in total. The van der Waals surface area contributed by atoms with Crippen LogP contribution in [-0.2, 0) is 17.9 Å². The molecule has 0 aliphatic carbocycles. The molecule has 0 spiro atoms. The Kier molecular flexibility index (Phi) is 5.10. The number of ether oxygens (including phenoxy) is 1. The molecule has 0 atom stereocenters. The average Bonchev–Trinajstić information content (AvgIpc) is 3.30. The summed E-state index contributed by atoms with van der Waals surface area (Å²) < 4.78 is 8.82. The lowest BCUT2D eigenvalue weighted by atomic mass is 10.2. The van der Waals surface area contributed by atoms with E-state index in [4.69, 9.17) is 16.3 Å². The van der Waals surface area contributed by atoms with E-state index >= 15 is 0 Å². The fourth-order valence-corrected chi connectivity index (χ4v) is 3.17. The van der Waals surface area contributed by atoms with Crippen LogP contribution < -0.4 is 5.32 Å². The second-order valence-electron chi connectivity index (χ2n) is 6.21. The Morgan fingerprint density at radius 2 is 2.00 bits per heavy atom. The van der Waals surface area contributed by atoms with Gasteiger partial charge in [-0.25, -0.2) is 9.67 Å². The van der Waals surface area contributed by atoms with E-state index in [0.29, 0.717) is 22.8 Å². The minimum atomic E-state index is -0.232. The number of fused-ring (bicyclic) bond motifs is 1. The lowest BCUT2D eigenvalue weighted by molar-refractivity contribution is 0.0945. The Bertz CT molecular complexity index is 1120. The third-order valence-electron chi connectivity index (χ3n) is 4.29. The number of carbonyl (C=O) groups is 1. The van der Waals surface area contributed by atoms with E-state index in [0.717, 1.165) is 17.0 Å². The van der Waals surface area contributed by atoms with Crippen LogP contribution in [-0.4, -0.2) is 32.2 Å². The molecule has 3 heterocycles. The van der Waals surface area contributed by atoms with Gasteiger partial charge in [0.05, 0.1) is 47.0 Å². The normalized spacial score (nSPS) is 11.1. The lowest BCUT2D eigenvalue weighted by Gasteiger charge is -2.09. The van der Waals surface area contributed by atoms with Crippen molar-refractivity contribution in [2.24, 2.45) is 0 Å². The maximum atomic E-state index is 12.8. The molecule has 4 rings (SSSR count). The average molecular weight is 396 g/mol. The number of nitrogens with zero attached hydrogens (tertiary/aromatic N) is 4. The molecule has 0 saturated heterocycles. The molecule has 4 aromatic rings. The molecule has 1 N–H and O–H groups in total. The molecule has 0 aliphatic rings. The van der Waals surface area contributed by atoms with Crippen LogP contribution in [0.15, 0.2) is 61.1 Å². The number of methoxy groups -OCH3 is 1. The van der Waals surface area contributed by atoms with Crippen molar-refractivity contribution < 1.29 is 9.53 Å². The first-order chi connectivity index (χ1) is 13.7. The summed E-state index contributed by atoms with van der Waals surface area (Å²) >= 11 is 6.00. The fourth-order valence-electron chi connectivity index (χ4n) is 3.00. The number of imidazole rings is 1. The smallest absolute Gasteiger partial charge is 0.255 e. The molecule has 3 aromatic heterocycles. The number of amides is 1. The summed E-state index contributed by atoms with van der Waals surface area (Å²) in [6, 6.07) is 13.2. The topological polar surface area (TPSA) is 73.4 Å².